The van der Waals surface area contributed by atoms with Crippen molar-refractivity contribution in [1.29, 1.82) is 0 Å². The molecule has 0 aromatic rings. The maximum Gasteiger partial charge on any atom is 0.0238 e. The molecule has 1 N–H and O–H groups in total. The Morgan fingerprint density at radius 1 is 1.27 bits per heavy atom. The van der Waals surface area contributed by atoms with Gasteiger partial charge in [-0.25, -0.2) is 0 Å². The lowest BCUT2D eigenvalue weighted by Crippen LogP contribution is -2.44. The summed E-state index contributed by atoms with van der Waals surface area (Å²) in [6, 6.07) is 1.17. The molecule has 0 bridgehead atoms. The van der Waals surface area contributed by atoms with Crippen LogP contribution in [-0.2, 0) is 0 Å². The topological polar surface area (TPSA) is 12.0 Å². The van der Waals surface area contributed by atoms with E-state index in [-0.39, 0.29) is 0 Å². The highest BCUT2D eigenvalue weighted by Crippen LogP contribution is 2.30. The molecule has 0 aromatic heterocycles. The molecule has 0 heterocycles. The monoisotopic (exact) mass is 207 g/mol. The zero-order valence-electron chi connectivity index (χ0n) is 10.4. The Morgan fingerprint density at radius 3 is 2.53 bits per heavy atom. The number of hydrogen-bond acceptors (Lipinski definition) is 1. The highest BCUT2D eigenvalue weighted by Gasteiger charge is 2.27. The summed E-state index contributed by atoms with van der Waals surface area (Å²) in [5, 5.41) is 3.71. The van der Waals surface area contributed by atoms with Crippen molar-refractivity contribution < 1.29 is 0 Å². The third-order valence-corrected chi connectivity index (χ3v) is 3.60. The number of terminal acetylenes is 1. The molecule has 3 atom stereocenters. The van der Waals surface area contributed by atoms with Crippen LogP contribution in [0.5, 0.6) is 0 Å². The molecule has 1 heteroatoms. The van der Waals surface area contributed by atoms with Gasteiger partial charge in [0.15, 0.2) is 0 Å². The summed E-state index contributed by atoms with van der Waals surface area (Å²) in [5.74, 6) is 4.38. The van der Waals surface area contributed by atoms with E-state index < -0.39 is 0 Å². The summed E-state index contributed by atoms with van der Waals surface area (Å²) in [4.78, 5) is 0. The van der Waals surface area contributed by atoms with E-state index in [1.54, 1.807) is 0 Å². The molecule has 1 saturated carbocycles. The summed E-state index contributed by atoms with van der Waals surface area (Å²) in [6.45, 7) is 6.89. The molecule has 1 fully saturated rings. The zero-order valence-corrected chi connectivity index (χ0v) is 10.4. The van der Waals surface area contributed by atoms with Gasteiger partial charge in [-0.1, -0.05) is 26.7 Å². The lowest BCUT2D eigenvalue weighted by molar-refractivity contribution is 0.195. The van der Waals surface area contributed by atoms with Crippen molar-refractivity contribution in [2.45, 2.75) is 65.0 Å². The van der Waals surface area contributed by atoms with Crippen LogP contribution in [0.3, 0.4) is 0 Å². The summed E-state index contributed by atoms with van der Waals surface area (Å²) in [6.07, 6.45) is 11.7. The van der Waals surface area contributed by atoms with Gasteiger partial charge in [0, 0.05) is 18.5 Å². The molecule has 0 amide bonds. The third kappa shape index (κ3) is 3.87. The highest BCUT2D eigenvalue weighted by molar-refractivity contribution is 4.91. The van der Waals surface area contributed by atoms with Crippen LogP contribution in [0.4, 0.5) is 0 Å². The van der Waals surface area contributed by atoms with Gasteiger partial charge in [-0.3, -0.25) is 0 Å². The van der Waals surface area contributed by atoms with Crippen molar-refractivity contribution >= 4 is 0 Å². The molecular weight excluding hydrogens is 182 g/mol. The number of hydrogen-bond donors (Lipinski definition) is 1. The van der Waals surface area contributed by atoms with Crippen LogP contribution in [0.25, 0.3) is 0 Å². The van der Waals surface area contributed by atoms with Crippen LogP contribution in [0.15, 0.2) is 0 Å². The average molecular weight is 207 g/mol. The van der Waals surface area contributed by atoms with Gasteiger partial charge in [0.05, 0.1) is 0 Å². The summed E-state index contributed by atoms with van der Waals surface area (Å²) < 4.78 is 0. The number of rotatable bonds is 4. The van der Waals surface area contributed by atoms with Gasteiger partial charge in [-0.2, -0.15) is 0 Å². The predicted octanol–water partition coefficient (Wildman–Crippen LogP) is 3.20. The molecule has 1 aliphatic rings. The number of nitrogens with one attached hydrogen (secondary N) is 1. The SMILES string of the molecule is C#CCC(C)NC1CCCCC1C(C)C. The minimum atomic E-state index is 0.472. The second-order valence-electron chi connectivity index (χ2n) is 5.27. The molecule has 0 spiro atoms. The van der Waals surface area contributed by atoms with Crippen LogP contribution >= 0.6 is 0 Å². The molecule has 0 radical (unpaired) electrons. The van der Waals surface area contributed by atoms with Crippen LogP contribution in [0, 0.1) is 24.2 Å². The normalized spacial score (nSPS) is 28.7. The van der Waals surface area contributed by atoms with Crippen molar-refractivity contribution in [2.24, 2.45) is 11.8 Å². The molecule has 1 rings (SSSR count). The van der Waals surface area contributed by atoms with Crippen LogP contribution < -0.4 is 5.32 Å². The Hall–Kier alpha value is -0.480. The summed E-state index contributed by atoms with van der Waals surface area (Å²) in [5.41, 5.74) is 0. The van der Waals surface area contributed by atoms with E-state index in [1.807, 2.05) is 0 Å². The second kappa shape index (κ2) is 6.18. The molecule has 3 unspecified atom stereocenters. The van der Waals surface area contributed by atoms with Crippen molar-refractivity contribution in [3.63, 3.8) is 0 Å². The molecular formula is C14H25N. The van der Waals surface area contributed by atoms with E-state index in [2.05, 4.69) is 32.0 Å². The molecule has 1 aliphatic carbocycles. The van der Waals surface area contributed by atoms with Crippen molar-refractivity contribution in [1.82, 2.24) is 5.32 Å². The van der Waals surface area contributed by atoms with Crippen molar-refractivity contribution in [3.8, 4) is 12.3 Å². The maximum atomic E-state index is 5.34. The van der Waals surface area contributed by atoms with Gasteiger partial charge in [0.1, 0.15) is 0 Å². The van der Waals surface area contributed by atoms with Gasteiger partial charge in [-0.15, -0.1) is 12.3 Å². The molecule has 86 valence electrons. The quantitative estimate of drug-likeness (QED) is 0.698. The highest BCUT2D eigenvalue weighted by atomic mass is 15.0. The molecule has 1 nitrogen and oxygen atoms in total. The summed E-state index contributed by atoms with van der Waals surface area (Å²) >= 11 is 0. The van der Waals surface area contributed by atoms with Crippen LogP contribution in [0.2, 0.25) is 0 Å². The van der Waals surface area contributed by atoms with Gasteiger partial charge < -0.3 is 5.32 Å². The van der Waals surface area contributed by atoms with E-state index in [0.29, 0.717) is 12.1 Å². The maximum absolute atomic E-state index is 5.34. The van der Waals surface area contributed by atoms with Gasteiger partial charge in [-0.05, 0) is 31.6 Å². The fourth-order valence-corrected chi connectivity index (χ4v) is 2.77. The molecule has 0 saturated heterocycles. The van der Waals surface area contributed by atoms with Crippen molar-refractivity contribution in [2.75, 3.05) is 0 Å². The Balaban J connectivity index is 2.46. The fourth-order valence-electron chi connectivity index (χ4n) is 2.77. The van der Waals surface area contributed by atoms with Gasteiger partial charge >= 0.3 is 0 Å². The van der Waals surface area contributed by atoms with Crippen molar-refractivity contribution in [3.05, 3.63) is 0 Å². The first-order chi connectivity index (χ1) is 7.15. The Bertz CT molecular complexity index is 214. The van der Waals surface area contributed by atoms with Gasteiger partial charge in [0.2, 0.25) is 0 Å². The minimum Gasteiger partial charge on any atom is -0.310 e. The Kier molecular flexibility index (Phi) is 5.19. The molecule has 0 aliphatic heterocycles. The zero-order chi connectivity index (χ0) is 11.3. The minimum absolute atomic E-state index is 0.472. The van der Waals surface area contributed by atoms with E-state index in [0.717, 1.165) is 18.3 Å². The Morgan fingerprint density at radius 2 is 1.93 bits per heavy atom. The standard InChI is InChI=1S/C14H25N/c1-5-8-12(4)15-14-10-7-6-9-13(14)11(2)3/h1,11-15H,6-10H2,2-4H3. The van der Waals surface area contributed by atoms with Crippen LogP contribution in [0.1, 0.15) is 52.9 Å². The second-order valence-corrected chi connectivity index (χ2v) is 5.27. The van der Waals surface area contributed by atoms with E-state index in [1.165, 1.54) is 25.7 Å². The summed E-state index contributed by atoms with van der Waals surface area (Å²) in [7, 11) is 0. The first-order valence-corrected chi connectivity index (χ1v) is 6.34. The predicted molar refractivity (Wildman–Crippen MR) is 66.6 cm³/mol. The van der Waals surface area contributed by atoms with E-state index in [9.17, 15) is 0 Å². The lowest BCUT2D eigenvalue weighted by Gasteiger charge is -2.36. The lowest BCUT2D eigenvalue weighted by atomic mass is 9.77. The first-order valence-electron chi connectivity index (χ1n) is 6.34. The first kappa shape index (κ1) is 12.6. The Labute approximate surface area is 95.0 Å². The van der Waals surface area contributed by atoms with E-state index >= 15 is 0 Å². The van der Waals surface area contributed by atoms with Crippen LogP contribution in [-0.4, -0.2) is 12.1 Å². The molecule has 0 aromatic carbocycles. The largest absolute Gasteiger partial charge is 0.310 e. The fraction of sp³-hybridized carbons (Fsp3) is 0.857. The third-order valence-electron chi connectivity index (χ3n) is 3.60. The average Bonchev–Trinajstić information content (AvgIpc) is 2.18. The van der Waals surface area contributed by atoms with Gasteiger partial charge in [0.25, 0.3) is 0 Å². The smallest absolute Gasteiger partial charge is 0.0238 e. The molecule has 15 heavy (non-hydrogen) atoms. The van der Waals surface area contributed by atoms with E-state index in [4.69, 9.17) is 6.42 Å².